The van der Waals surface area contributed by atoms with E-state index < -0.39 is 5.97 Å². The summed E-state index contributed by atoms with van der Waals surface area (Å²) in [5, 5.41) is 19.4. The van der Waals surface area contributed by atoms with E-state index in [-0.39, 0.29) is 11.6 Å². The summed E-state index contributed by atoms with van der Waals surface area (Å²) < 4.78 is 0. The van der Waals surface area contributed by atoms with Gasteiger partial charge in [-0.3, -0.25) is 10.2 Å². The van der Waals surface area contributed by atoms with Gasteiger partial charge in [0, 0.05) is 12.2 Å². The molecular weight excluding hydrogens is 280 g/mol. The molecule has 1 aromatic heterocycles. The summed E-state index contributed by atoms with van der Waals surface area (Å²) in [4.78, 5) is 24.6. The highest BCUT2D eigenvalue weighted by atomic mass is 32.1. The number of carboxylic acid groups (broad SMARTS) is 1. The van der Waals surface area contributed by atoms with Gasteiger partial charge in [-0.25, -0.2) is 9.59 Å². The Morgan fingerprint density at radius 3 is 2.95 bits per heavy atom. The number of fused-ring (bicyclic) bond motifs is 1. The van der Waals surface area contributed by atoms with Gasteiger partial charge in [0.05, 0.1) is 5.56 Å². The molecular formula is C12H10N4O3S. The van der Waals surface area contributed by atoms with E-state index in [0.717, 1.165) is 11.3 Å². The van der Waals surface area contributed by atoms with Crippen molar-refractivity contribution in [2.45, 2.75) is 6.42 Å². The van der Waals surface area contributed by atoms with Crippen LogP contribution >= 0.6 is 11.3 Å². The van der Waals surface area contributed by atoms with E-state index in [1.807, 2.05) is 0 Å². The van der Waals surface area contributed by atoms with Crippen LogP contribution < -0.4 is 10.2 Å². The van der Waals surface area contributed by atoms with E-state index >= 15 is 0 Å². The van der Waals surface area contributed by atoms with E-state index in [2.05, 4.69) is 15.5 Å². The third-order valence-electron chi connectivity index (χ3n) is 3.04. The first-order valence-corrected chi connectivity index (χ1v) is 6.74. The predicted molar refractivity (Wildman–Crippen MR) is 73.4 cm³/mol. The summed E-state index contributed by atoms with van der Waals surface area (Å²) in [6, 6.07) is 4.47. The Hall–Kier alpha value is -2.48. The first kappa shape index (κ1) is 12.5. The Balaban J connectivity index is 1.82. The molecule has 2 aromatic rings. The third kappa shape index (κ3) is 2.21. The highest BCUT2D eigenvalue weighted by molar-refractivity contribution is 7.13. The van der Waals surface area contributed by atoms with Crippen molar-refractivity contribution in [3.8, 4) is 0 Å². The topological polar surface area (TPSA) is 95.4 Å². The van der Waals surface area contributed by atoms with E-state index in [9.17, 15) is 9.59 Å². The van der Waals surface area contributed by atoms with Crippen LogP contribution in [0.1, 0.15) is 15.9 Å². The number of hydrogen-bond acceptors (Lipinski definition) is 5. The summed E-state index contributed by atoms with van der Waals surface area (Å²) in [6.07, 6.45) is 0.639. The van der Waals surface area contributed by atoms with E-state index in [1.54, 1.807) is 17.0 Å². The Kier molecular flexibility index (Phi) is 3.07. The molecule has 0 bridgehead atoms. The van der Waals surface area contributed by atoms with Crippen LogP contribution in [-0.2, 0) is 6.42 Å². The number of benzene rings is 1. The molecule has 0 unspecified atom stereocenters. The zero-order valence-electron chi connectivity index (χ0n) is 10.2. The van der Waals surface area contributed by atoms with Crippen molar-refractivity contribution in [1.29, 1.82) is 0 Å². The number of rotatable bonds is 2. The van der Waals surface area contributed by atoms with Crippen LogP contribution in [0.5, 0.6) is 0 Å². The number of carbonyl (C=O) groups excluding carboxylic acids is 1. The Morgan fingerprint density at radius 2 is 2.25 bits per heavy atom. The number of amides is 2. The second kappa shape index (κ2) is 4.89. The van der Waals surface area contributed by atoms with Crippen molar-refractivity contribution >= 4 is 34.2 Å². The van der Waals surface area contributed by atoms with Gasteiger partial charge < -0.3 is 5.11 Å². The fourth-order valence-corrected chi connectivity index (χ4v) is 2.57. The fourth-order valence-electron chi connectivity index (χ4n) is 2.13. The highest BCUT2D eigenvalue weighted by Crippen LogP contribution is 2.29. The number of nitrogens with zero attached hydrogens (tertiary/aromatic N) is 3. The molecule has 7 nitrogen and oxygen atoms in total. The van der Waals surface area contributed by atoms with Gasteiger partial charge in [0.25, 0.3) is 0 Å². The fraction of sp³-hybridized carbons (Fsp3) is 0.167. The molecule has 2 heterocycles. The van der Waals surface area contributed by atoms with Crippen LogP contribution in [0.4, 0.5) is 15.6 Å². The standard InChI is InChI=1S/C12H10N4O3S/c17-10(18)8-1-2-9-7(5-8)3-4-16(9)12(19)14-11-15-13-6-20-11/h1-2,5-6H,3-4H2,(H,17,18)(H,14,15,19). The molecule has 2 N–H and O–H groups in total. The number of aromatic carboxylic acids is 1. The maximum atomic E-state index is 12.1. The Bertz CT molecular complexity index is 671. The lowest BCUT2D eigenvalue weighted by Crippen LogP contribution is -2.33. The molecule has 1 aliphatic heterocycles. The van der Waals surface area contributed by atoms with Crippen molar-refractivity contribution < 1.29 is 14.7 Å². The number of hydrogen-bond donors (Lipinski definition) is 2. The molecule has 0 aliphatic carbocycles. The molecule has 0 atom stereocenters. The number of aromatic nitrogens is 2. The monoisotopic (exact) mass is 290 g/mol. The molecule has 0 saturated heterocycles. The molecule has 20 heavy (non-hydrogen) atoms. The molecule has 0 saturated carbocycles. The number of anilines is 2. The maximum Gasteiger partial charge on any atom is 0.335 e. The van der Waals surface area contributed by atoms with Gasteiger partial charge in [-0.1, -0.05) is 11.3 Å². The van der Waals surface area contributed by atoms with Crippen LogP contribution in [0.2, 0.25) is 0 Å². The minimum absolute atomic E-state index is 0.232. The Morgan fingerprint density at radius 1 is 1.40 bits per heavy atom. The van der Waals surface area contributed by atoms with Crippen LogP contribution in [0.15, 0.2) is 23.7 Å². The van der Waals surface area contributed by atoms with Crippen LogP contribution in [0.3, 0.4) is 0 Å². The van der Waals surface area contributed by atoms with Gasteiger partial charge >= 0.3 is 12.0 Å². The van der Waals surface area contributed by atoms with Crippen molar-refractivity contribution in [1.82, 2.24) is 10.2 Å². The molecule has 1 aliphatic rings. The van der Waals surface area contributed by atoms with E-state index in [0.29, 0.717) is 18.1 Å². The molecule has 1 aromatic carbocycles. The molecule has 2 amide bonds. The first-order valence-electron chi connectivity index (χ1n) is 5.86. The summed E-state index contributed by atoms with van der Waals surface area (Å²) in [7, 11) is 0. The third-order valence-corrected chi connectivity index (χ3v) is 3.65. The zero-order valence-corrected chi connectivity index (χ0v) is 11.1. The highest BCUT2D eigenvalue weighted by Gasteiger charge is 2.26. The molecule has 8 heteroatoms. The van der Waals surface area contributed by atoms with Crippen molar-refractivity contribution in [2.75, 3.05) is 16.8 Å². The SMILES string of the molecule is O=C(O)c1ccc2c(c1)CCN2C(=O)Nc1nncs1. The number of urea groups is 1. The molecule has 102 valence electrons. The second-order valence-electron chi connectivity index (χ2n) is 4.22. The van der Waals surface area contributed by atoms with Gasteiger partial charge in [0.15, 0.2) is 0 Å². The van der Waals surface area contributed by atoms with E-state index in [1.165, 1.54) is 22.9 Å². The average Bonchev–Trinajstić information content (AvgIpc) is 3.06. The predicted octanol–water partition coefficient (Wildman–Crippen LogP) is 1.83. The van der Waals surface area contributed by atoms with Gasteiger partial charge in [0.2, 0.25) is 5.13 Å². The molecule has 3 rings (SSSR count). The normalized spacial score (nSPS) is 13.1. The molecule has 0 fully saturated rings. The van der Waals surface area contributed by atoms with Crippen molar-refractivity contribution in [2.24, 2.45) is 0 Å². The van der Waals surface area contributed by atoms with Crippen molar-refractivity contribution in [3.63, 3.8) is 0 Å². The summed E-state index contributed by atoms with van der Waals surface area (Å²) in [5.74, 6) is -0.968. The lowest BCUT2D eigenvalue weighted by atomic mass is 10.1. The minimum atomic E-state index is -0.968. The van der Waals surface area contributed by atoms with Gasteiger partial charge in [-0.15, -0.1) is 10.2 Å². The minimum Gasteiger partial charge on any atom is -0.478 e. The second-order valence-corrected chi connectivity index (χ2v) is 5.06. The summed E-state index contributed by atoms with van der Waals surface area (Å²) in [5.41, 5.74) is 3.36. The lowest BCUT2D eigenvalue weighted by Gasteiger charge is -2.16. The van der Waals surface area contributed by atoms with E-state index in [4.69, 9.17) is 5.11 Å². The zero-order chi connectivity index (χ0) is 14.1. The number of carbonyl (C=O) groups is 2. The van der Waals surface area contributed by atoms with Gasteiger partial charge in [-0.2, -0.15) is 0 Å². The smallest absolute Gasteiger partial charge is 0.335 e. The van der Waals surface area contributed by atoms with Gasteiger partial charge in [0.1, 0.15) is 5.51 Å². The van der Waals surface area contributed by atoms with Crippen LogP contribution in [0, 0.1) is 0 Å². The maximum absolute atomic E-state index is 12.1. The molecule has 0 spiro atoms. The van der Waals surface area contributed by atoms with Crippen molar-refractivity contribution in [3.05, 3.63) is 34.8 Å². The summed E-state index contributed by atoms with van der Waals surface area (Å²) >= 11 is 1.24. The quantitative estimate of drug-likeness (QED) is 0.879. The largest absolute Gasteiger partial charge is 0.478 e. The summed E-state index contributed by atoms with van der Waals surface area (Å²) in [6.45, 7) is 0.517. The average molecular weight is 290 g/mol. The van der Waals surface area contributed by atoms with Crippen LogP contribution in [0.25, 0.3) is 0 Å². The molecule has 0 radical (unpaired) electrons. The van der Waals surface area contributed by atoms with Gasteiger partial charge in [-0.05, 0) is 30.2 Å². The lowest BCUT2D eigenvalue weighted by molar-refractivity contribution is 0.0697. The number of nitrogens with one attached hydrogen (secondary N) is 1. The Labute approximate surface area is 117 Å². The first-order chi connectivity index (χ1) is 9.65. The van der Waals surface area contributed by atoms with Crippen LogP contribution in [-0.4, -0.2) is 33.8 Å². The number of carboxylic acids is 1.